The minimum absolute atomic E-state index is 0.0823. The van der Waals surface area contributed by atoms with Crippen molar-refractivity contribution in [3.05, 3.63) is 17.7 Å². The molecule has 0 unspecified atom stereocenters. The van der Waals surface area contributed by atoms with E-state index >= 15 is 0 Å². The number of morpholine rings is 1. The highest BCUT2D eigenvalue weighted by Gasteiger charge is 2.25. The molecule has 1 aliphatic rings. The molecule has 1 fully saturated rings. The fourth-order valence-electron chi connectivity index (χ4n) is 3.07. The van der Waals surface area contributed by atoms with E-state index in [2.05, 4.69) is 0 Å². The number of hydrogen-bond acceptors (Lipinski definition) is 5. The first kappa shape index (κ1) is 18.4. The average Bonchev–Trinajstić information content (AvgIpc) is 2.57. The maximum Gasteiger partial charge on any atom is 0.223 e. The molecule has 1 saturated heterocycles. The minimum Gasteiger partial charge on any atom is -0.493 e. The van der Waals surface area contributed by atoms with Gasteiger partial charge in [0.2, 0.25) is 11.7 Å². The van der Waals surface area contributed by atoms with Crippen molar-refractivity contribution in [2.24, 2.45) is 0 Å². The molecule has 1 aromatic rings. The van der Waals surface area contributed by atoms with Crippen molar-refractivity contribution in [2.45, 2.75) is 38.9 Å². The summed E-state index contributed by atoms with van der Waals surface area (Å²) in [6.07, 6.45) is 1.23. The molecule has 24 heavy (non-hydrogen) atoms. The molecule has 0 aromatic heterocycles. The van der Waals surface area contributed by atoms with Crippen molar-refractivity contribution < 1.29 is 23.7 Å². The van der Waals surface area contributed by atoms with Gasteiger partial charge in [-0.3, -0.25) is 4.79 Å². The highest BCUT2D eigenvalue weighted by molar-refractivity contribution is 5.76. The Morgan fingerprint density at radius 2 is 1.62 bits per heavy atom. The van der Waals surface area contributed by atoms with Crippen LogP contribution in [0.3, 0.4) is 0 Å². The van der Waals surface area contributed by atoms with Gasteiger partial charge in [-0.2, -0.15) is 0 Å². The number of methoxy groups -OCH3 is 3. The monoisotopic (exact) mass is 337 g/mol. The Morgan fingerprint density at radius 1 is 1.08 bits per heavy atom. The fourth-order valence-corrected chi connectivity index (χ4v) is 3.07. The van der Waals surface area contributed by atoms with Gasteiger partial charge in [0, 0.05) is 19.5 Å². The van der Waals surface area contributed by atoms with Crippen molar-refractivity contribution in [3.8, 4) is 17.2 Å². The van der Waals surface area contributed by atoms with E-state index in [1.807, 2.05) is 30.9 Å². The van der Waals surface area contributed by atoms with Gasteiger partial charge in [-0.15, -0.1) is 0 Å². The van der Waals surface area contributed by atoms with E-state index < -0.39 is 0 Å². The highest BCUT2D eigenvalue weighted by Crippen LogP contribution is 2.38. The lowest BCUT2D eigenvalue weighted by Gasteiger charge is -2.35. The third-order valence-corrected chi connectivity index (χ3v) is 4.12. The van der Waals surface area contributed by atoms with Gasteiger partial charge in [0.05, 0.1) is 33.5 Å². The molecule has 0 bridgehead atoms. The smallest absolute Gasteiger partial charge is 0.223 e. The van der Waals surface area contributed by atoms with E-state index in [0.717, 1.165) is 5.56 Å². The molecule has 0 spiro atoms. The zero-order valence-corrected chi connectivity index (χ0v) is 15.1. The molecule has 1 aromatic carbocycles. The van der Waals surface area contributed by atoms with E-state index in [1.54, 1.807) is 21.3 Å². The third kappa shape index (κ3) is 4.32. The molecular formula is C18H27NO5. The largest absolute Gasteiger partial charge is 0.493 e. The Bertz CT molecular complexity index is 540. The summed E-state index contributed by atoms with van der Waals surface area (Å²) >= 11 is 0. The molecule has 1 amide bonds. The topological polar surface area (TPSA) is 57.2 Å². The molecule has 0 aliphatic carbocycles. The van der Waals surface area contributed by atoms with Crippen LogP contribution in [0.15, 0.2) is 12.1 Å². The summed E-state index contributed by atoms with van der Waals surface area (Å²) in [5.74, 6) is 1.91. The number of benzene rings is 1. The predicted octanol–water partition coefficient (Wildman–Crippen LogP) is 2.28. The fraction of sp³-hybridized carbons (Fsp3) is 0.611. The zero-order valence-electron chi connectivity index (χ0n) is 15.1. The van der Waals surface area contributed by atoms with E-state index in [1.165, 1.54) is 0 Å². The Labute approximate surface area is 143 Å². The first-order chi connectivity index (χ1) is 11.5. The number of nitrogens with zero attached hydrogens (tertiary/aromatic N) is 1. The molecule has 0 N–H and O–H groups in total. The van der Waals surface area contributed by atoms with Gasteiger partial charge in [-0.25, -0.2) is 0 Å². The normalized spacial score (nSPS) is 20.6. The number of rotatable bonds is 6. The molecule has 6 nitrogen and oxygen atoms in total. The van der Waals surface area contributed by atoms with Gasteiger partial charge in [-0.05, 0) is 38.0 Å². The number of aryl methyl sites for hydroxylation is 1. The third-order valence-electron chi connectivity index (χ3n) is 4.12. The lowest BCUT2D eigenvalue weighted by molar-refractivity contribution is -0.143. The van der Waals surface area contributed by atoms with Crippen LogP contribution in [-0.2, 0) is 16.0 Å². The molecule has 6 heteroatoms. The Morgan fingerprint density at radius 3 is 2.08 bits per heavy atom. The molecule has 2 atom stereocenters. The van der Waals surface area contributed by atoms with E-state index in [-0.39, 0.29) is 18.1 Å². The molecule has 0 radical (unpaired) electrons. The van der Waals surface area contributed by atoms with E-state index in [0.29, 0.717) is 43.2 Å². The van der Waals surface area contributed by atoms with Gasteiger partial charge >= 0.3 is 0 Å². The SMILES string of the molecule is COc1cc(CCC(=O)N2C[C@H](C)O[C@@H](C)C2)cc(OC)c1OC. The molecule has 134 valence electrons. The quantitative estimate of drug-likeness (QED) is 0.797. The standard InChI is InChI=1S/C18H27NO5/c1-12-10-19(11-13(2)24-12)17(20)7-6-14-8-15(21-3)18(23-5)16(9-14)22-4/h8-9,12-13H,6-7,10-11H2,1-5H3/t12-,13-/m0/s1. The Hall–Kier alpha value is -1.95. The van der Waals surface area contributed by atoms with E-state index in [4.69, 9.17) is 18.9 Å². The number of ether oxygens (including phenoxy) is 4. The molecular weight excluding hydrogens is 310 g/mol. The Kier molecular flexibility index (Phi) is 6.31. The van der Waals surface area contributed by atoms with Crippen LogP contribution >= 0.6 is 0 Å². The van der Waals surface area contributed by atoms with Gasteiger partial charge in [-0.1, -0.05) is 0 Å². The van der Waals surface area contributed by atoms with Crippen molar-refractivity contribution in [3.63, 3.8) is 0 Å². The maximum absolute atomic E-state index is 12.5. The average molecular weight is 337 g/mol. The summed E-state index contributed by atoms with van der Waals surface area (Å²) in [7, 11) is 4.75. The molecule has 0 saturated carbocycles. The summed E-state index contributed by atoms with van der Waals surface area (Å²) in [6, 6.07) is 3.78. The van der Waals surface area contributed by atoms with Crippen LogP contribution in [0, 0.1) is 0 Å². The first-order valence-electron chi connectivity index (χ1n) is 8.20. The van der Waals surface area contributed by atoms with E-state index in [9.17, 15) is 4.79 Å². The van der Waals surface area contributed by atoms with Crippen LogP contribution in [0.1, 0.15) is 25.8 Å². The Balaban J connectivity index is 2.04. The number of amides is 1. The summed E-state index contributed by atoms with van der Waals surface area (Å²) in [5, 5.41) is 0. The summed E-state index contributed by atoms with van der Waals surface area (Å²) in [4.78, 5) is 14.4. The lowest BCUT2D eigenvalue weighted by Crippen LogP contribution is -2.48. The minimum atomic E-state index is 0.0823. The maximum atomic E-state index is 12.5. The van der Waals surface area contributed by atoms with Crippen molar-refractivity contribution in [1.29, 1.82) is 0 Å². The molecule has 1 heterocycles. The van der Waals surface area contributed by atoms with Gasteiger partial charge in [0.25, 0.3) is 0 Å². The summed E-state index contributed by atoms with van der Waals surface area (Å²) < 4.78 is 21.7. The highest BCUT2D eigenvalue weighted by atomic mass is 16.5. The van der Waals surface area contributed by atoms with Gasteiger partial charge in [0.15, 0.2) is 11.5 Å². The van der Waals surface area contributed by atoms with Crippen LogP contribution in [0.4, 0.5) is 0 Å². The van der Waals surface area contributed by atoms with Gasteiger partial charge < -0.3 is 23.8 Å². The summed E-state index contributed by atoms with van der Waals surface area (Å²) in [6.45, 7) is 5.29. The van der Waals surface area contributed by atoms with Crippen molar-refractivity contribution >= 4 is 5.91 Å². The second-order valence-electron chi connectivity index (χ2n) is 6.09. The van der Waals surface area contributed by atoms with Crippen molar-refractivity contribution in [1.82, 2.24) is 4.90 Å². The van der Waals surface area contributed by atoms with Crippen LogP contribution in [0.5, 0.6) is 17.2 Å². The number of hydrogen-bond donors (Lipinski definition) is 0. The van der Waals surface area contributed by atoms with Crippen LogP contribution in [-0.4, -0.2) is 57.4 Å². The first-order valence-corrected chi connectivity index (χ1v) is 8.20. The molecule has 1 aliphatic heterocycles. The number of carbonyl (C=O) groups excluding carboxylic acids is 1. The number of carbonyl (C=O) groups is 1. The van der Waals surface area contributed by atoms with Crippen molar-refractivity contribution in [2.75, 3.05) is 34.4 Å². The summed E-state index contributed by atoms with van der Waals surface area (Å²) in [5.41, 5.74) is 0.979. The van der Waals surface area contributed by atoms with Gasteiger partial charge in [0.1, 0.15) is 0 Å². The van der Waals surface area contributed by atoms with Crippen LogP contribution in [0.25, 0.3) is 0 Å². The second kappa shape index (κ2) is 8.24. The predicted molar refractivity (Wildman–Crippen MR) is 91.0 cm³/mol. The second-order valence-corrected chi connectivity index (χ2v) is 6.09. The van der Waals surface area contributed by atoms with Crippen LogP contribution in [0.2, 0.25) is 0 Å². The molecule has 2 rings (SSSR count). The van der Waals surface area contributed by atoms with Crippen LogP contribution < -0.4 is 14.2 Å². The zero-order chi connectivity index (χ0) is 17.7. The lowest BCUT2D eigenvalue weighted by atomic mass is 10.1.